The summed E-state index contributed by atoms with van der Waals surface area (Å²) in [7, 11) is 0. The molecule has 0 amide bonds. The molecule has 4 nitrogen and oxygen atoms in total. The van der Waals surface area contributed by atoms with E-state index < -0.39 is 5.97 Å². The summed E-state index contributed by atoms with van der Waals surface area (Å²) in [6.07, 6.45) is 0.321. The summed E-state index contributed by atoms with van der Waals surface area (Å²) in [6, 6.07) is 6.11. The number of aryl methyl sites for hydroxylation is 1. The summed E-state index contributed by atoms with van der Waals surface area (Å²) in [6.45, 7) is 2.06. The molecular weight excluding hydrogens is 295 g/mol. The minimum absolute atomic E-state index is 0.189. The lowest BCUT2D eigenvalue weighted by atomic mass is 10.1. The molecule has 1 aromatic heterocycles. The molecule has 1 unspecified atom stereocenters. The van der Waals surface area contributed by atoms with Crippen molar-refractivity contribution in [3.05, 3.63) is 45.4 Å². The van der Waals surface area contributed by atoms with E-state index in [1.807, 2.05) is 6.92 Å². The van der Waals surface area contributed by atoms with E-state index in [1.54, 1.807) is 12.1 Å². The van der Waals surface area contributed by atoms with Crippen LogP contribution in [0.2, 0.25) is 0 Å². The Balaban J connectivity index is 1.66. The van der Waals surface area contributed by atoms with Crippen LogP contribution in [0.4, 0.5) is 4.39 Å². The number of carbonyl (C=O) groups is 1. The lowest BCUT2D eigenvalue weighted by molar-refractivity contribution is 0.0694. The summed E-state index contributed by atoms with van der Waals surface area (Å²) >= 11 is 1.18. The van der Waals surface area contributed by atoms with Crippen LogP contribution in [-0.4, -0.2) is 23.8 Å². The second-order valence-electron chi connectivity index (χ2n) is 4.86. The first-order valence-corrected chi connectivity index (χ1v) is 7.26. The molecular formula is C15H13FO4S. The fraction of sp³-hybridized carbons (Fsp3) is 0.267. The number of halogens is 1. The zero-order valence-corrected chi connectivity index (χ0v) is 12.1. The van der Waals surface area contributed by atoms with E-state index in [4.69, 9.17) is 14.6 Å². The number of hydrogen-bond acceptors (Lipinski definition) is 4. The minimum atomic E-state index is -0.999. The maximum atomic E-state index is 13.1. The Kier molecular flexibility index (Phi) is 3.55. The second-order valence-corrected chi connectivity index (χ2v) is 6.12. The van der Waals surface area contributed by atoms with Gasteiger partial charge >= 0.3 is 5.97 Å². The molecule has 0 spiro atoms. The van der Waals surface area contributed by atoms with Crippen LogP contribution >= 0.6 is 11.3 Å². The van der Waals surface area contributed by atoms with Crippen molar-refractivity contribution in [2.45, 2.75) is 19.4 Å². The van der Waals surface area contributed by atoms with Crippen molar-refractivity contribution in [3.63, 3.8) is 0 Å². The van der Waals surface area contributed by atoms with Crippen molar-refractivity contribution < 1.29 is 23.8 Å². The van der Waals surface area contributed by atoms with E-state index in [0.717, 1.165) is 10.4 Å². The number of thiophene rings is 1. The van der Waals surface area contributed by atoms with Crippen molar-refractivity contribution in [3.8, 4) is 11.5 Å². The Hall–Kier alpha value is -2.08. The van der Waals surface area contributed by atoms with E-state index in [-0.39, 0.29) is 23.4 Å². The van der Waals surface area contributed by atoms with Gasteiger partial charge in [0.2, 0.25) is 0 Å². The number of benzene rings is 1. The van der Waals surface area contributed by atoms with Crippen LogP contribution in [0, 0.1) is 12.7 Å². The van der Waals surface area contributed by atoms with Crippen molar-refractivity contribution in [1.29, 1.82) is 0 Å². The molecule has 2 heterocycles. The highest BCUT2D eigenvalue weighted by Gasteiger charge is 2.25. The van der Waals surface area contributed by atoms with Crippen molar-refractivity contribution in [2.75, 3.05) is 6.61 Å². The van der Waals surface area contributed by atoms with E-state index in [2.05, 4.69) is 0 Å². The average molecular weight is 308 g/mol. The molecule has 0 aliphatic carbocycles. The van der Waals surface area contributed by atoms with Gasteiger partial charge in [0.05, 0.1) is 0 Å². The molecule has 0 radical (unpaired) electrons. The van der Waals surface area contributed by atoms with Gasteiger partial charge in [-0.25, -0.2) is 9.18 Å². The Morgan fingerprint density at radius 1 is 1.52 bits per heavy atom. The first-order chi connectivity index (χ1) is 10.0. The highest BCUT2D eigenvalue weighted by atomic mass is 32.1. The summed E-state index contributed by atoms with van der Waals surface area (Å²) < 4.78 is 24.4. The first-order valence-electron chi connectivity index (χ1n) is 6.44. The van der Waals surface area contributed by atoms with Crippen LogP contribution in [0.1, 0.15) is 20.1 Å². The predicted molar refractivity (Wildman–Crippen MR) is 76.0 cm³/mol. The SMILES string of the molecule is Cc1cc(OCC2Cc3cc(F)ccc3O2)c(C(=O)O)s1. The second kappa shape index (κ2) is 5.37. The van der Waals surface area contributed by atoms with Gasteiger partial charge < -0.3 is 14.6 Å². The molecule has 0 saturated heterocycles. The van der Waals surface area contributed by atoms with Crippen molar-refractivity contribution >= 4 is 17.3 Å². The molecule has 1 N–H and O–H groups in total. The van der Waals surface area contributed by atoms with Crippen LogP contribution < -0.4 is 9.47 Å². The first kappa shape index (κ1) is 13.9. The molecule has 0 fully saturated rings. The zero-order valence-electron chi connectivity index (χ0n) is 11.3. The molecule has 1 aliphatic heterocycles. The lowest BCUT2D eigenvalue weighted by Crippen LogP contribution is -2.22. The number of carboxylic acids is 1. The normalized spacial score (nSPS) is 16.4. The van der Waals surface area contributed by atoms with Gasteiger partial charge in [0.15, 0.2) is 4.88 Å². The lowest BCUT2D eigenvalue weighted by Gasteiger charge is -2.12. The van der Waals surface area contributed by atoms with Crippen LogP contribution in [0.3, 0.4) is 0 Å². The third-order valence-electron chi connectivity index (χ3n) is 3.20. The molecule has 6 heteroatoms. The van der Waals surface area contributed by atoms with Crippen LogP contribution in [0.15, 0.2) is 24.3 Å². The fourth-order valence-corrected chi connectivity index (χ4v) is 3.11. The Morgan fingerprint density at radius 2 is 2.33 bits per heavy atom. The predicted octanol–water partition coefficient (Wildman–Crippen LogP) is 3.28. The third-order valence-corrected chi connectivity index (χ3v) is 4.22. The molecule has 1 aliphatic rings. The van der Waals surface area contributed by atoms with E-state index >= 15 is 0 Å². The Bertz CT molecular complexity index is 695. The summed E-state index contributed by atoms with van der Waals surface area (Å²) in [5.74, 6) is -0.276. The highest BCUT2D eigenvalue weighted by Crippen LogP contribution is 2.32. The molecule has 21 heavy (non-hydrogen) atoms. The van der Waals surface area contributed by atoms with E-state index in [9.17, 15) is 9.18 Å². The van der Waals surface area contributed by atoms with Crippen LogP contribution in [-0.2, 0) is 6.42 Å². The van der Waals surface area contributed by atoms with Crippen molar-refractivity contribution in [1.82, 2.24) is 0 Å². The standard InChI is InChI=1S/C15H13FO4S/c1-8-4-13(14(21-8)15(17)18)19-7-11-6-9-5-10(16)2-3-12(9)20-11/h2-5,11H,6-7H2,1H3,(H,17,18). The molecule has 2 aromatic rings. The van der Waals surface area contributed by atoms with E-state index in [1.165, 1.54) is 23.5 Å². The average Bonchev–Trinajstić information content (AvgIpc) is 2.98. The number of aromatic carboxylic acids is 1. The number of ether oxygens (including phenoxy) is 2. The van der Waals surface area contributed by atoms with E-state index in [0.29, 0.717) is 17.9 Å². The van der Waals surface area contributed by atoms with Gasteiger partial charge in [-0.3, -0.25) is 0 Å². The highest BCUT2D eigenvalue weighted by molar-refractivity contribution is 7.14. The summed E-state index contributed by atoms with van der Waals surface area (Å²) in [4.78, 5) is 12.2. The topological polar surface area (TPSA) is 55.8 Å². The molecule has 1 atom stereocenters. The fourth-order valence-electron chi connectivity index (χ4n) is 2.31. The maximum absolute atomic E-state index is 13.1. The van der Waals surface area contributed by atoms with Crippen LogP contribution in [0.5, 0.6) is 11.5 Å². The quantitative estimate of drug-likeness (QED) is 0.942. The molecule has 0 saturated carbocycles. The smallest absolute Gasteiger partial charge is 0.349 e. The Morgan fingerprint density at radius 3 is 3.10 bits per heavy atom. The van der Waals surface area contributed by atoms with Gasteiger partial charge in [0.1, 0.15) is 30.0 Å². The summed E-state index contributed by atoms with van der Waals surface area (Å²) in [5.41, 5.74) is 0.809. The molecule has 0 bridgehead atoms. The van der Waals surface area contributed by atoms with Gasteiger partial charge in [0, 0.05) is 16.9 Å². The number of fused-ring (bicyclic) bond motifs is 1. The number of hydrogen-bond donors (Lipinski definition) is 1. The zero-order chi connectivity index (χ0) is 15.0. The van der Waals surface area contributed by atoms with Gasteiger partial charge in [0.25, 0.3) is 0 Å². The molecule has 3 rings (SSSR count). The maximum Gasteiger partial charge on any atom is 0.349 e. The molecule has 110 valence electrons. The number of carboxylic acid groups (broad SMARTS) is 1. The Labute approximate surface area is 124 Å². The van der Waals surface area contributed by atoms with Crippen LogP contribution in [0.25, 0.3) is 0 Å². The summed E-state index contributed by atoms with van der Waals surface area (Å²) in [5, 5.41) is 9.10. The van der Waals surface area contributed by atoms with Gasteiger partial charge in [-0.1, -0.05) is 0 Å². The number of rotatable bonds is 4. The van der Waals surface area contributed by atoms with Gasteiger partial charge in [-0.05, 0) is 31.2 Å². The minimum Gasteiger partial charge on any atom is -0.488 e. The third kappa shape index (κ3) is 2.85. The monoisotopic (exact) mass is 308 g/mol. The molecule has 1 aromatic carbocycles. The van der Waals surface area contributed by atoms with Gasteiger partial charge in [-0.15, -0.1) is 11.3 Å². The van der Waals surface area contributed by atoms with Crippen molar-refractivity contribution in [2.24, 2.45) is 0 Å². The largest absolute Gasteiger partial charge is 0.488 e. The van der Waals surface area contributed by atoms with Gasteiger partial charge in [-0.2, -0.15) is 0 Å².